The molecule has 0 spiro atoms. The lowest BCUT2D eigenvalue weighted by molar-refractivity contribution is -0.385. The van der Waals surface area contributed by atoms with Crippen molar-refractivity contribution < 1.29 is 22.9 Å². The van der Waals surface area contributed by atoms with Gasteiger partial charge in [-0.15, -0.1) is 0 Å². The number of hydrogen-bond acceptors (Lipinski definition) is 6. The molecular weight excluding hydrogens is 410 g/mol. The number of amides is 1. The Kier molecular flexibility index (Phi) is 6.60. The molecule has 1 amide bonds. The Bertz CT molecular complexity index is 1030. The topological polar surface area (TPSA) is 128 Å². The van der Waals surface area contributed by atoms with Crippen LogP contribution in [0.15, 0.2) is 41.3 Å². The number of anilines is 1. The third kappa shape index (κ3) is 4.77. The van der Waals surface area contributed by atoms with Gasteiger partial charge in [0.1, 0.15) is 10.6 Å². The Morgan fingerprint density at radius 1 is 1.29 bits per heavy atom. The highest BCUT2D eigenvalue weighted by atomic mass is 35.5. The van der Waals surface area contributed by atoms with Crippen LogP contribution in [0, 0.1) is 17.0 Å². The van der Waals surface area contributed by atoms with E-state index in [-0.39, 0.29) is 32.6 Å². The minimum Gasteiger partial charge on any atom is -0.495 e. The quantitative estimate of drug-likeness (QED) is 0.516. The number of hydrogen-bond donors (Lipinski definition) is 2. The van der Waals surface area contributed by atoms with Gasteiger partial charge in [0.25, 0.3) is 5.69 Å². The van der Waals surface area contributed by atoms with E-state index in [1.807, 2.05) is 0 Å². The molecule has 0 radical (unpaired) electrons. The summed E-state index contributed by atoms with van der Waals surface area (Å²) >= 11 is 5.86. The van der Waals surface area contributed by atoms with Crippen LogP contribution in [-0.2, 0) is 14.8 Å². The molecule has 0 heterocycles. The summed E-state index contributed by atoms with van der Waals surface area (Å²) in [7, 11) is -2.81. The number of carbonyl (C=O) groups excluding carboxylic acids is 1. The number of carbonyl (C=O) groups is 1. The van der Waals surface area contributed by atoms with Gasteiger partial charge in [-0.25, -0.2) is 8.42 Å². The highest BCUT2D eigenvalue weighted by Gasteiger charge is 2.26. The summed E-state index contributed by atoms with van der Waals surface area (Å²) in [5, 5.41) is 13.7. The van der Waals surface area contributed by atoms with Crippen molar-refractivity contribution in [2.45, 2.75) is 24.8 Å². The summed E-state index contributed by atoms with van der Waals surface area (Å²) in [5.74, 6) is -0.618. The second kappa shape index (κ2) is 8.55. The fourth-order valence-electron chi connectivity index (χ4n) is 2.41. The average molecular weight is 428 g/mol. The van der Waals surface area contributed by atoms with Crippen molar-refractivity contribution in [1.82, 2.24) is 4.72 Å². The van der Waals surface area contributed by atoms with Crippen molar-refractivity contribution in [2.75, 3.05) is 12.4 Å². The molecule has 0 unspecified atom stereocenters. The second-order valence-corrected chi connectivity index (χ2v) is 7.95. The third-order valence-electron chi connectivity index (χ3n) is 3.90. The molecule has 2 N–H and O–H groups in total. The Balaban J connectivity index is 2.22. The van der Waals surface area contributed by atoms with Gasteiger partial charge >= 0.3 is 0 Å². The first-order chi connectivity index (χ1) is 13.1. The molecule has 1 atom stereocenters. The number of ether oxygens (including phenoxy) is 1. The first-order valence-electron chi connectivity index (χ1n) is 7.97. The van der Waals surface area contributed by atoms with Gasteiger partial charge in [0, 0.05) is 11.1 Å². The number of sulfonamides is 1. The molecule has 0 aromatic heterocycles. The van der Waals surface area contributed by atoms with E-state index < -0.39 is 26.9 Å². The molecule has 2 aromatic carbocycles. The number of nitro benzene ring substituents is 1. The summed E-state index contributed by atoms with van der Waals surface area (Å²) in [6, 6.07) is 7.12. The first kappa shape index (κ1) is 21.6. The van der Waals surface area contributed by atoms with Crippen LogP contribution in [0.5, 0.6) is 5.75 Å². The van der Waals surface area contributed by atoms with Crippen LogP contribution in [0.3, 0.4) is 0 Å². The van der Waals surface area contributed by atoms with Crippen molar-refractivity contribution in [1.29, 1.82) is 0 Å². The summed E-state index contributed by atoms with van der Waals surface area (Å²) in [6.45, 7) is 2.83. The first-order valence-corrected chi connectivity index (χ1v) is 9.83. The van der Waals surface area contributed by atoms with Crippen LogP contribution >= 0.6 is 11.6 Å². The molecule has 0 aliphatic carbocycles. The number of halogens is 1. The minimum absolute atomic E-state index is 0.0686. The van der Waals surface area contributed by atoms with E-state index in [1.54, 1.807) is 0 Å². The van der Waals surface area contributed by atoms with Gasteiger partial charge in [-0.05, 0) is 38.1 Å². The lowest BCUT2D eigenvalue weighted by Crippen LogP contribution is -2.41. The van der Waals surface area contributed by atoms with Gasteiger partial charge < -0.3 is 10.1 Å². The van der Waals surface area contributed by atoms with Gasteiger partial charge in [0.05, 0.1) is 29.3 Å². The number of nitrogens with zero attached hydrogens (tertiary/aromatic N) is 1. The van der Waals surface area contributed by atoms with E-state index in [9.17, 15) is 23.3 Å². The summed E-state index contributed by atoms with van der Waals surface area (Å²) < 4.78 is 32.5. The second-order valence-electron chi connectivity index (χ2n) is 5.83. The zero-order valence-electron chi connectivity index (χ0n) is 15.2. The number of methoxy groups -OCH3 is 1. The van der Waals surface area contributed by atoms with Crippen molar-refractivity contribution >= 4 is 38.9 Å². The number of nitro groups is 1. The van der Waals surface area contributed by atoms with Gasteiger partial charge in [0.15, 0.2) is 0 Å². The van der Waals surface area contributed by atoms with E-state index in [1.165, 1.54) is 57.4 Å². The molecule has 9 nitrogen and oxygen atoms in total. The average Bonchev–Trinajstić information content (AvgIpc) is 2.62. The fraction of sp³-hybridized carbons (Fsp3) is 0.235. The molecule has 0 saturated carbocycles. The van der Waals surface area contributed by atoms with Crippen molar-refractivity contribution in [3.05, 3.63) is 57.1 Å². The SMILES string of the molecule is COc1ccc(Cl)cc1S(=O)(=O)N[C@@H](C)C(=O)Nc1cccc([N+](=O)[O-])c1C. The van der Waals surface area contributed by atoms with E-state index >= 15 is 0 Å². The molecule has 0 bridgehead atoms. The molecule has 0 saturated heterocycles. The number of benzene rings is 2. The van der Waals surface area contributed by atoms with Crippen LogP contribution in [0.25, 0.3) is 0 Å². The van der Waals surface area contributed by atoms with Crippen LogP contribution in [0.1, 0.15) is 12.5 Å². The molecule has 2 aromatic rings. The summed E-state index contributed by atoms with van der Waals surface area (Å²) in [6.07, 6.45) is 0. The number of rotatable bonds is 7. The van der Waals surface area contributed by atoms with E-state index in [0.29, 0.717) is 0 Å². The molecule has 150 valence electrons. The molecule has 0 aliphatic heterocycles. The molecule has 0 fully saturated rings. The van der Waals surface area contributed by atoms with Crippen LogP contribution in [0.4, 0.5) is 11.4 Å². The lowest BCUT2D eigenvalue weighted by Gasteiger charge is -2.17. The zero-order valence-corrected chi connectivity index (χ0v) is 16.8. The largest absolute Gasteiger partial charge is 0.495 e. The predicted octanol–water partition coefficient (Wildman–Crippen LogP) is 2.87. The van der Waals surface area contributed by atoms with Gasteiger partial charge in [-0.1, -0.05) is 17.7 Å². The maximum absolute atomic E-state index is 12.6. The Labute approximate surface area is 166 Å². The van der Waals surface area contributed by atoms with Crippen LogP contribution in [0.2, 0.25) is 5.02 Å². The van der Waals surface area contributed by atoms with E-state index in [4.69, 9.17) is 16.3 Å². The standard InChI is InChI=1S/C17H18ClN3O6S/c1-10-13(5-4-6-14(10)21(23)24)19-17(22)11(2)20-28(25,26)16-9-12(18)7-8-15(16)27-3/h4-9,11,20H,1-3H3,(H,19,22)/t11-/m0/s1. The predicted molar refractivity (Wildman–Crippen MR) is 104 cm³/mol. The Hall–Kier alpha value is -2.69. The molecule has 11 heteroatoms. The van der Waals surface area contributed by atoms with Gasteiger partial charge in [-0.2, -0.15) is 4.72 Å². The summed E-state index contributed by atoms with van der Waals surface area (Å²) in [5.41, 5.74) is 0.313. The summed E-state index contributed by atoms with van der Waals surface area (Å²) in [4.78, 5) is 22.6. The smallest absolute Gasteiger partial charge is 0.274 e. The maximum Gasteiger partial charge on any atom is 0.274 e. The Morgan fingerprint density at radius 3 is 2.57 bits per heavy atom. The zero-order chi connectivity index (χ0) is 21.1. The monoisotopic (exact) mass is 427 g/mol. The molecule has 28 heavy (non-hydrogen) atoms. The molecule has 0 aliphatic rings. The third-order valence-corrected chi connectivity index (χ3v) is 5.70. The highest BCUT2D eigenvalue weighted by Crippen LogP contribution is 2.28. The van der Waals surface area contributed by atoms with Crippen molar-refractivity contribution in [2.24, 2.45) is 0 Å². The number of nitrogens with one attached hydrogen (secondary N) is 2. The van der Waals surface area contributed by atoms with E-state index in [2.05, 4.69) is 10.0 Å². The fourth-order valence-corrected chi connectivity index (χ4v) is 4.04. The van der Waals surface area contributed by atoms with Gasteiger partial charge in [-0.3, -0.25) is 14.9 Å². The molecular formula is C17H18ClN3O6S. The Morgan fingerprint density at radius 2 is 1.96 bits per heavy atom. The van der Waals surface area contributed by atoms with Crippen LogP contribution < -0.4 is 14.8 Å². The minimum atomic E-state index is -4.12. The lowest BCUT2D eigenvalue weighted by atomic mass is 10.1. The van der Waals surface area contributed by atoms with Crippen molar-refractivity contribution in [3.63, 3.8) is 0 Å². The normalized spacial score (nSPS) is 12.3. The van der Waals surface area contributed by atoms with Crippen LogP contribution in [-0.4, -0.2) is 32.4 Å². The van der Waals surface area contributed by atoms with Gasteiger partial charge in [0.2, 0.25) is 15.9 Å². The van der Waals surface area contributed by atoms with Crippen molar-refractivity contribution in [3.8, 4) is 5.75 Å². The maximum atomic E-state index is 12.6. The van der Waals surface area contributed by atoms with E-state index in [0.717, 1.165) is 0 Å². The molecule has 2 rings (SSSR count). The highest BCUT2D eigenvalue weighted by molar-refractivity contribution is 7.89.